The first-order chi connectivity index (χ1) is 8.26. The molecule has 1 amide bonds. The summed E-state index contributed by atoms with van der Waals surface area (Å²) in [5, 5.41) is 0. The van der Waals surface area contributed by atoms with E-state index < -0.39 is 0 Å². The minimum Gasteiger partial charge on any atom is -0.497 e. The smallest absolute Gasteiger partial charge is 0.410 e. The van der Waals surface area contributed by atoms with Crippen molar-refractivity contribution in [1.82, 2.24) is 4.90 Å². The van der Waals surface area contributed by atoms with Crippen LogP contribution in [0.4, 0.5) is 4.79 Å². The van der Waals surface area contributed by atoms with Crippen molar-refractivity contribution in [3.8, 4) is 5.75 Å². The second-order valence-electron chi connectivity index (χ2n) is 3.77. The summed E-state index contributed by atoms with van der Waals surface area (Å²) in [4.78, 5) is 13.2. The molecule has 1 aromatic rings. The third kappa shape index (κ3) is 2.25. The first-order valence-electron chi connectivity index (χ1n) is 5.41. The average molecular weight is 233 g/mol. The molecule has 1 aliphatic heterocycles. The van der Waals surface area contributed by atoms with Gasteiger partial charge in [-0.25, -0.2) is 4.79 Å². The van der Waals surface area contributed by atoms with E-state index in [1.807, 2.05) is 36.4 Å². The SMILES string of the molecule is COC(=O)N1CC=C[C@@H]1c1ccc(OC)cc1. The van der Waals surface area contributed by atoms with Gasteiger partial charge in [-0.15, -0.1) is 0 Å². The van der Waals surface area contributed by atoms with Crippen molar-refractivity contribution in [1.29, 1.82) is 0 Å². The van der Waals surface area contributed by atoms with E-state index in [1.165, 1.54) is 7.11 Å². The Bertz CT molecular complexity index is 425. The van der Waals surface area contributed by atoms with Crippen molar-refractivity contribution >= 4 is 6.09 Å². The van der Waals surface area contributed by atoms with E-state index in [0.29, 0.717) is 6.54 Å². The van der Waals surface area contributed by atoms with Crippen LogP contribution in [0.1, 0.15) is 11.6 Å². The van der Waals surface area contributed by atoms with Gasteiger partial charge in [-0.2, -0.15) is 0 Å². The van der Waals surface area contributed by atoms with Crippen LogP contribution >= 0.6 is 0 Å². The van der Waals surface area contributed by atoms with Crippen LogP contribution in [-0.4, -0.2) is 31.8 Å². The maximum atomic E-state index is 11.6. The van der Waals surface area contributed by atoms with Gasteiger partial charge in [0.1, 0.15) is 5.75 Å². The maximum Gasteiger partial charge on any atom is 0.410 e. The zero-order valence-electron chi connectivity index (χ0n) is 9.92. The molecule has 0 fully saturated rings. The molecule has 4 nitrogen and oxygen atoms in total. The maximum absolute atomic E-state index is 11.6. The van der Waals surface area contributed by atoms with E-state index in [4.69, 9.17) is 9.47 Å². The molecule has 0 spiro atoms. The van der Waals surface area contributed by atoms with Gasteiger partial charge in [-0.05, 0) is 17.7 Å². The highest BCUT2D eigenvalue weighted by Gasteiger charge is 2.26. The summed E-state index contributed by atoms with van der Waals surface area (Å²) in [6.07, 6.45) is 3.65. The van der Waals surface area contributed by atoms with E-state index in [1.54, 1.807) is 12.0 Å². The minimum atomic E-state index is -0.309. The van der Waals surface area contributed by atoms with Gasteiger partial charge in [-0.3, -0.25) is 4.90 Å². The van der Waals surface area contributed by atoms with Crippen LogP contribution in [0.15, 0.2) is 36.4 Å². The lowest BCUT2D eigenvalue weighted by Crippen LogP contribution is -2.30. The molecule has 0 N–H and O–H groups in total. The Labute approximate surface area is 100 Å². The average Bonchev–Trinajstić information content (AvgIpc) is 2.87. The number of benzene rings is 1. The third-order valence-electron chi connectivity index (χ3n) is 2.82. The van der Waals surface area contributed by atoms with Gasteiger partial charge in [0.15, 0.2) is 0 Å². The fourth-order valence-electron chi connectivity index (χ4n) is 1.92. The van der Waals surface area contributed by atoms with Crippen molar-refractivity contribution in [2.45, 2.75) is 6.04 Å². The quantitative estimate of drug-likeness (QED) is 0.736. The molecule has 0 saturated heterocycles. The van der Waals surface area contributed by atoms with Gasteiger partial charge in [0.25, 0.3) is 0 Å². The molecule has 0 bridgehead atoms. The van der Waals surface area contributed by atoms with Crippen LogP contribution in [-0.2, 0) is 4.74 Å². The fraction of sp³-hybridized carbons (Fsp3) is 0.308. The first-order valence-corrected chi connectivity index (χ1v) is 5.41. The number of amides is 1. The second-order valence-corrected chi connectivity index (χ2v) is 3.77. The Morgan fingerprint density at radius 1 is 1.29 bits per heavy atom. The van der Waals surface area contributed by atoms with Crippen LogP contribution in [0.25, 0.3) is 0 Å². The number of ether oxygens (including phenoxy) is 2. The Balaban J connectivity index is 2.19. The first kappa shape index (κ1) is 11.5. The van der Waals surface area contributed by atoms with Crippen molar-refractivity contribution in [2.24, 2.45) is 0 Å². The van der Waals surface area contributed by atoms with E-state index in [2.05, 4.69) is 0 Å². The number of methoxy groups -OCH3 is 2. The van der Waals surface area contributed by atoms with E-state index in [-0.39, 0.29) is 12.1 Å². The third-order valence-corrected chi connectivity index (χ3v) is 2.82. The molecule has 0 radical (unpaired) electrons. The van der Waals surface area contributed by atoms with Crippen LogP contribution < -0.4 is 4.74 Å². The Morgan fingerprint density at radius 3 is 2.59 bits per heavy atom. The molecule has 0 aliphatic carbocycles. The van der Waals surface area contributed by atoms with Crippen molar-refractivity contribution < 1.29 is 14.3 Å². The summed E-state index contributed by atoms with van der Waals surface area (Å²) in [5.74, 6) is 0.806. The minimum absolute atomic E-state index is 0.0478. The van der Waals surface area contributed by atoms with E-state index in [0.717, 1.165) is 11.3 Å². The molecule has 0 saturated carbocycles. The molecule has 1 aliphatic rings. The summed E-state index contributed by atoms with van der Waals surface area (Å²) in [7, 11) is 3.02. The normalized spacial score (nSPS) is 18.2. The highest BCUT2D eigenvalue weighted by Crippen LogP contribution is 2.28. The van der Waals surface area contributed by atoms with Gasteiger partial charge in [0.2, 0.25) is 0 Å². The zero-order valence-corrected chi connectivity index (χ0v) is 9.92. The number of hydrogen-bond acceptors (Lipinski definition) is 3. The summed E-state index contributed by atoms with van der Waals surface area (Å²) in [5.41, 5.74) is 1.05. The Hall–Kier alpha value is -1.97. The zero-order chi connectivity index (χ0) is 12.3. The van der Waals surface area contributed by atoms with Crippen LogP contribution in [0, 0.1) is 0 Å². The van der Waals surface area contributed by atoms with Gasteiger partial charge < -0.3 is 9.47 Å². The summed E-state index contributed by atoms with van der Waals surface area (Å²) in [6, 6.07) is 7.63. The molecule has 1 heterocycles. The van der Waals surface area contributed by atoms with Gasteiger partial charge >= 0.3 is 6.09 Å². The number of rotatable bonds is 2. The Morgan fingerprint density at radius 2 is 2.00 bits per heavy atom. The van der Waals surface area contributed by atoms with Crippen LogP contribution in [0.5, 0.6) is 5.75 Å². The largest absolute Gasteiger partial charge is 0.497 e. The molecule has 1 aromatic carbocycles. The van der Waals surface area contributed by atoms with Crippen LogP contribution in [0.2, 0.25) is 0 Å². The predicted molar refractivity (Wildman–Crippen MR) is 64.0 cm³/mol. The second kappa shape index (κ2) is 4.91. The molecule has 0 aromatic heterocycles. The molecule has 17 heavy (non-hydrogen) atoms. The molecule has 1 atom stereocenters. The number of carbonyl (C=O) groups excluding carboxylic acids is 1. The van der Waals surface area contributed by atoms with Crippen LogP contribution in [0.3, 0.4) is 0 Å². The van der Waals surface area contributed by atoms with Gasteiger partial charge in [-0.1, -0.05) is 24.3 Å². The lowest BCUT2D eigenvalue weighted by molar-refractivity contribution is 0.122. The van der Waals surface area contributed by atoms with Crippen molar-refractivity contribution in [3.05, 3.63) is 42.0 Å². The van der Waals surface area contributed by atoms with Crippen molar-refractivity contribution in [3.63, 3.8) is 0 Å². The fourth-order valence-corrected chi connectivity index (χ4v) is 1.92. The summed E-state index contributed by atoms with van der Waals surface area (Å²) >= 11 is 0. The monoisotopic (exact) mass is 233 g/mol. The van der Waals surface area contributed by atoms with E-state index >= 15 is 0 Å². The molecule has 0 unspecified atom stereocenters. The van der Waals surface area contributed by atoms with Gasteiger partial charge in [0.05, 0.1) is 20.3 Å². The van der Waals surface area contributed by atoms with Gasteiger partial charge in [0, 0.05) is 6.54 Å². The number of hydrogen-bond donors (Lipinski definition) is 0. The Kier molecular flexibility index (Phi) is 3.32. The molecule has 4 heteroatoms. The summed E-state index contributed by atoms with van der Waals surface area (Å²) in [6.45, 7) is 0.587. The molecular formula is C13H15NO3. The molecular weight excluding hydrogens is 218 g/mol. The lowest BCUT2D eigenvalue weighted by Gasteiger charge is -2.23. The standard InChI is InChI=1S/C13H15NO3/c1-16-11-7-5-10(6-8-11)12-4-3-9-14(12)13(15)17-2/h3-8,12H,9H2,1-2H3/t12-/m1/s1. The highest BCUT2D eigenvalue weighted by molar-refractivity contribution is 5.69. The number of nitrogens with zero attached hydrogens (tertiary/aromatic N) is 1. The van der Waals surface area contributed by atoms with Crippen molar-refractivity contribution in [2.75, 3.05) is 20.8 Å². The molecule has 2 rings (SSSR count). The summed E-state index contributed by atoms with van der Waals surface area (Å²) < 4.78 is 9.86. The number of carbonyl (C=O) groups is 1. The lowest BCUT2D eigenvalue weighted by atomic mass is 10.1. The topological polar surface area (TPSA) is 38.8 Å². The predicted octanol–water partition coefficient (Wildman–Crippen LogP) is 2.37. The highest BCUT2D eigenvalue weighted by atomic mass is 16.5. The molecule has 90 valence electrons. The van der Waals surface area contributed by atoms with E-state index in [9.17, 15) is 4.79 Å².